The van der Waals surface area contributed by atoms with Crippen molar-refractivity contribution in [2.75, 3.05) is 45.6 Å². The second-order valence-corrected chi connectivity index (χ2v) is 4.73. The predicted molar refractivity (Wildman–Crippen MR) is 75.2 cm³/mol. The van der Waals surface area contributed by atoms with Crippen LogP contribution in [0.2, 0.25) is 0 Å². The summed E-state index contributed by atoms with van der Waals surface area (Å²) in [5, 5.41) is 0. The molecule has 0 aliphatic carbocycles. The van der Waals surface area contributed by atoms with Crippen molar-refractivity contribution in [1.29, 1.82) is 0 Å². The average molecular weight is 277 g/mol. The van der Waals surface area contributed by atoms with Crippen LogP contribution in [0.4, 0.5) is 5.69 Å². The lowest BCUT2D eigenvalue weighted by Gasteiger charge is -2.34. The van der Waals surface area contributed by atoms with Crippen LogP contribution in [0.3, 0.4) is 0 Å². The van der Waals surface area contributed by atoms with Gasteiger partial charge in [0.05, 0.1) is 19.2 Å². The summed E-state index contributed by atoms with van der Waals surface area (Å²) < 4.78 is 4.63. The zero-order chi connectivity index (χ0) is 14.5. The molecule has 0 radical (unpaired) electrons. The number of nitrogens with zero attached hydrogens (tertiary/aromatic N) is 2. The van der Waals surface area contributed by atoms with Gasteiger partial charge in [0.25, 0.3) is 5.91 Å². The molecule has 1 amide bonds. The van der Waals surface area contributed by atoms with Crippen LogP contribution in [0.5, 0.6) is 0 Å². The van der Waals surface area contributed by atoms with Crippen molar-refractivity contribution < 1.29 is 14.3 Å². The topological polar surface area (TPSA) is 75.9 Å². The summed E-state index contributed by atoms with van der Waals surface area (Å²) in [5.41, 5.74) is 6.85. The van der Waals surface area contributed by atoms with Crippen molar-refractivity contribution in [2.24, 2.45) is 0 Å². The fourth-order valence-corrected chi connectivity index (χ4v) is 2.22. The van der Waals surface area contributed by atoms with E-state index in [1.807, 2.05) is 4.90 Å². The van der Waals surface area contributed by atoms with E-state index in [0.29, 0.717) is 37.4 Å². The fourth-order valence-electron chi connectivity index (χ4n) is 2.22. The zero-order valence-electron chi connectivity index (χ0n) is 11.5. The van der Waals surface area contributed by atoms with Crippen LogP contribution in [0, 0.1) is 0 Å². The molecule has 108 valence electrons. The monoisotopic (exact) mass is 277 g/mol. The van der Waals surface area contributed by atoms with Gasteiger partial charge >= 0.3 is 5.97 Å². The highest BCUT2D eigenvalue weighted by Gasteiger charge is 2.24. The molecular formula is C14H19N3O3. The lowest BCUT2D eigenvalue weighted by molar-refractivity contribution is -0.142. The number of carbonyl (C=O) groups excluding carboxylic acids is 2. The third kappa shape index (κ3) is 3.27. The Bertz CT molecular complexity index is 496. The highest BCUT2D eigenvalue weighted by molar-refractivity contribution is 5.99. The number of anilines is 1. The molecule has 1 aromatic carbocycles. The molecule has 0 aromatic heterocycles. The number of nitrogens with two attached hydrogens (primary N) is 1. The molecule has 2 N–H and O–H groups in total. The molecular weight excluding hydrogens is 258 g/mol. The van der Waals surface area contributed by atoms with E-state index in [9.17, 15) is 9.59 Å². The molecule has 0 unspecified atom stereocenters. The number of nitrogen functional groups attached to an aromatic ring is 1. The summed E-state index contributed by atoms with van der Waals surface area (Å²) in [4.78, 5) is 27.3. The Balaban J connectivity index is 1.92. The Morgan fingerprint density at radius 3 is 2.45 bits per heavy atom. The van der Waals surface area contributed by atoms with E-state index < -0.39 is 0 Å². The van der Waals surface area contributed by atoms with Gasteiger partial charge in [-0.15, -0.1) is 0 Å². The maximum absolute atomic E-state index is 12.3. The van der Waals surface area contributed by atoms with E-state index in [1.54, 1.807) is 29.2 Å². The molecule has 1 aliphatic heterocycles. The van der Waals surface area contributed by atoms with E-state index in [1.165, 1.54) is 7.11 Å². The highest BCUT2D eigenvalue weighted by Crippen LogP contribution is 2.15. The number of esters is 1. The fraction of sp³-hybridized carbons (Fsp3) is 0.429. The molecule has 0 spiro atoms. The zero-order valence-corrected chi connectivity index (χ0v) is 11.5. The van der Waals surface area contributed by atoms with Crippen molar-refractivity contribution in [2.45, 2.75) is 0 Å². The van der Waals surface area contributed by atoms with Crippen molar-refractivity contribution in [3.8, 4) is 0 Å². The number of para-hydroxylation sites is 1. The van der Waals surface area contributed by atoms with Gasteiger partial charge in [-0.2, -0.15) is 0 Å². The van der Waals surface area contributed by atoms with E-state index in [4.69, 9.17) is 5.73 Å². The minimum atomic E-state index is -0.253. The normalized spacial score (nSPS) is 15.9. The number of hydrogen-bond donors (Lipinski definition) is 1. The van der Waals surface area contributed by atoms with Gasteiger partial charge in [0.2, 0.25) is 0 Å². The van der Waals surface area contributed by atoms with E-state index >= 15 is 0 Å². The first-order valence-electron chi connectivity index (χ1n) is 6.54. The lowest BCUT2D eigenvalue weighted by atomic mass is 10.1. The summed E-state index contributed by atoms with van der Waals surface area (Å²) in [5.74, 6) is -0.308. The van der Waals surface area contributed by atoms with Crippen LogP contribution >= 0.6 is 0 Å². The van der Waals surface area contributed by atoms with Gasteiger partial charge in [0.15, 0.2) is 0 Å². The Labute approximate surface area is 118 Å². The van der Waals surface area contributed by atoms with Gasteiger partial charge < -0.3 is 15.4 Å². The number of piperazine rings is 1. The molecule has 1 fully saturated rings. The highest BCUT2D eigenvalue weighted by atomic mass is 16.5. The van der Waals surface area contributed by atoms with Crippen LogP contribution in [0.25, 0.3) is 0 Å². The standard InChI is InChI=1S/C14H19N3O3/c1-20-13(18)10-16-6-8-17(9-7-16)14(19)11-4-2-3-5-12(11)15/h2-5H,6-10,15H2,1H3. The first-order chi connectivity index (χ1) is 9.61. The largest absolute Gasteiger partial charge is 0.468 e. The number of carbonyl (C=O) groups is 2. The summed E-state index contributed by atoms with van der Waals surface area (Å²) in [6.45, 7) is 2.77. The maximum atomic E-state index is 12.3. The number of rotatable bonds is 3. The smallest absolute Gasteiger partial charge is 0.319 e. The molecule has 6 nitrogen and oxygen atoms in total. The van der Waals surface area contributed by atoms with E-state index in [0.717, 1.165) is 0 Å². The maximum Gasteiger partial charge on any atom is 0.319 e. The van der Waals surface area contributed by atoms with Gasteiger partial charge in [-0.3, -0.25) is 14.5 Å². The Morgan fingerprint density at radius 1 is 1.20 bits per heavy atom. The molecule has 0 atom stereocenters. The number of benzene rings is 1. The number of hydrogen-bond acceptors (Lipinski definition) is 5. The van der Waals surface area contributed by atoms with Gasteiger partial charge in [-0.1, -0.05) is 12.1 Å². The first-order valence-corrected chi connectivity index (χ1v) is 6.54. The average Bonchev–Trinajstić information content (AvgIpc) is 2.47. The van der Waals surface area contributed by atoms with Crippen molar-refractivity contribution >= 4 is 17.6 Å². The molecule has 1 heterocycles. The second kappa shape index (κ2) is 6.38. The SMILES string of the molecule is COC(=O)CN1CCN(C(=O)c2ccccc2N)CC1. The number of methoxy groups -OCH3 is 1. The first kappa shape index (κ1) is 14.3. The lowest BCUT2D eigenvalue weighted by Crippen LogP contribution is -2.50. The second-order valence-electron chi connectivity index (χ2n) is 4.73. The third-order valence-electron chi connectivity index (χ3n) is 3.43. The van der Waals surface area contributed by atoms with Gasteiger partial charge in [0.1, 0.15) is 0 Å². The third-order valence-corrected chi connectivity index (χ3v) is 3.43. The van der Waals surface area contributed by atoms with Crippen LogP contribution in [0.15, 0.2) is 24.3 Å². The minimum Gasteiger partial charge on any atom is -0.468 e. The predicted octanol–water partition coefficient (Wildman–Crippen LogP) is 0.200. The molecule has 1 saturated heterocycles. The van der Waals surface area contributed by atoms with Crippen LogP contribution in [0.1, 0.15) is 10.4 Å². The van der Waals surface area contributed by atoms with Crippen LogP contribution in [-0.4, -0.2) is 61.5 Å². The van der Waals surface area contributed by atoms with Gasteiger partial charge in [-0.25, -0.2) is 0 Å². The van der Waals surface area contributed by atoms with Crippen LogP contribution < -0.4 is 5.73 Å². The minimum absolute atomic E-state index is 0.0548. The van der Waals surface area contributed by atoms with Gasteiger partial charge in [0, 0.05) is 31.9 Å². The van der Waals surface area contributed by atoms with Crippen molar-refractivity contribution in [3.05, 3.63) is 29.8 Å². The van der Waals surface area contributed by atoms with E-state index in [-0.39, 0.29) is 18.4 Å². The van der Waals surface area contributed by atoms with Gasteiger partial charge in [-0.05, 0) is 12.1 Å². The van der Waals surface area contributed by atoms with Crippen LogP contribution in [-0.2, 0) is 9.53 Å². The van der Waals surface area contributed by atoms with Crippen molar-refractivity contribution in [3.63, 3.8) is 0 Å². The Hall–Kier alpha value is -2.08. The Kier molecular flexibility index (Phi) is 4.57. The van der Waals surface area contributed by atoms with Crippen molar-refractivity contribution in [1.82, 2.24) is 9.80 Å². The number of ether oxygens (including phenoxy) is 1. The molecule has 1 aromatic rings. The Morgan fingerprint density at radius 2 is 1.85 bits per heavy atom. The number of amides is 1. The molecule has 0 bridgehead atoms. The summed E-state index contributed by atoms with van der Waals surface area (Å²) in [7, 11) is 1.38. The quantitative estimate of drug-likeness (QED) is 0.631. The molecule has 2 rings (SSSR count). The molecule has 0 saturated carbocycles. The summed E-state index contributed by atoms with van der Waals surface area (Å²) >= 11 is 0. The molecule has 6 heteroatoms. The van der Waals surface area contributed by atoms with E-state index in [2.05, 4.69) is 4.74 Å². The summed E-state index contributed by atoms with van der Waals surface area (Å²) in [6, 6.07) is 7.07. The summed E-state index contributed by atoms with van der Waals surface area (Å²) in [6.07, 6.45) is 0. The molecule has 1 aliphatic rings. The molecule has 20 heavy (non-hydrogen) atoms.